The van der Waals surface area contributed by atoms with Gasteiger partial charge in [0.15, 0.2) is 12.4 Å². The molecule has 0 fully saturated rings. The van der Waals surface area contributed by atoms with Gasteiger partial charge in [0.1, 0.15) is 6.54 Å². The second kappa shape index (κ2) is 10.1. The van der Waals surface area contributed by atoms with Gasteiger partial charge in [-0.3, -0.25) is 0 Å². The Morgan fingerprint density at radius 2 is 1.56 bits per heavy atom. The second-order valence-corrected chi connectivity index (χ2v) is 5.28. The number of aromatic nitrogens is 1. The van der Waals surface area contributed by atoms with E-state index in [1.807, 2.05) is 0 Å². The van der Waals surface area contributed by atoms with Crippen LogP contribution in [0.3, 0.4) is 0 Å². The SMILES string of the molecule is CCCCCCCCCC[n+]1cccc(CC)c1. The van der Waals surface area contributed by atoms with E-state index in [0.717, 1.165) is 6.42 Å². The number of nitrogens with zero attached hydrogens (tertiary/aromatic N) is 1. The van der Waals surface area contributed by atoms with Crippen molar-refractivity contribution in [3.63, 3.8) is 0 Å². The Kier molecular flexibility index (Phi) is 8.54. The van der Waals surface area contributed by atoms with Crippen molar-refractivity contribution in [1.29, 1.82) is 0 Å². The van der Waals surface area contributed by atoms with Crippen LogP contribution in [0.5, 0.6) is 0 Å². The molecule has 1 heterocycles. The first-order chi connectivity index (χ1) is 8.86. The van der Waals surface area contributed by atoms with Gasteiger partial charge in [0.2, 0.25) is 0 Å². The molecule has 0 radical (unpaired) electrons. The van der Waals surface area contributed by atoms with Gasteiger partial charge in [-0.05, 0) is 18.9 Å². The topological polar surface area (TPSA) is 3.88 Å². The predicted molar refractivity (Wildman–Crippen MR) is 78.6 cm³/mol. The maximum Gasteiger partial charge on any atom is 0.171 e. The Morgan fingerprint density at radius 1 is 0.889 bits per heavy atom. The van der Waals surface area contributed by atoms with Crippen LogP contribution in [-0.2, 0) is 13.0 Å². The third-order valence-electron chi connectivity index (χ3n) is 3.60. The molecule has 1 heteroatoms. The van der Waals surface area contributed by atoms with E-state index in [2.05, 4.69) is 42.9 Å². The average Bonchev–Trinajstić information content (AvgIpc) is 2.42. The first kappa shape index (κ1) is 15.2. The van der Waals surface area contributed by atoms with E-state index in [9.17, 15) is 0 Å². The van der Waals surface area contributed by atoms with Crippen molar-refractivity contribution in [2.45, 2.75) is 78.2 Å². The first-order valence-corrected chi connectivity index (χ1v) is 7.84. The molecule has 0 unspecified atom stereocenters. The van der Waals surface area contributed by atoms with Gasteiger partial charge in [-0.15, -0.1) is 0 Å². The van der Waals surface area contributed by atoms with Crippen LogP contribution in [0.1, 0.15) is 70.8 Å². The predicted octanol–water partition coefficient (Wildman–Crippen LogP) is 4.68. The van der Waals surface area contributed by atoms with Crippen molar-refractivity contribution < 1.29 is 4.57 Å². The lowest BCUT2D eigenvalue weighted by molar-refractivity contribution is -0.697. The van der Waals surface area contributed by atoms with E-state index in [1.54, 1.807) is 0 Å². The summed E-state index contributed by atoms with van der Waals surface area (Å²) in [5.74, 6) is 0. The van der Waals surface area contributed by atoms with Crippen LogP contribution in [0.15, 0.2) is 24.5 Å². The minimum absolute atomic E-state index is 1.14. The zero-order valence-corrected chi connectivity index (χ0v) is 12.3. The van der Waals surface area contributed by atoms with Gasteiger partial charge in [-0.25, -0.2) is 4.57 Å². The monoisotopic (exact) mass is 248 g/mol. The molecule has 0 aliphatic carbocycles. The Morgan fingerprint density at radius 3 is 2.22 bits per heavy atom. The number of rotatable bonds is 10. The van der Waals surface area contributed by atoms with E-state index in [0.29, 0.717) is 0 Å². The van der Waals surface area contributed by atoms with Crippen LogP contribution in [0, 0.1) is 0 Å². The molecule has 18 heavy (non-hydrogen) atoms. The average molecular weight is 248 g/mol. The van der Waals surface area contributed by atoms with E-state index < -0.39 is 0 Å². The van der Waals surface area contributed by atoms with Gasteiger partial charge in [0.25, 0.3) is 0 Å². The summed E-state index contributed by atoms with van der Waals surface area (Å²) >= 11 is 0. The molecule has 0 saturated carbocycles. The second-order valence-electron chi connectivity index (χ2n) is 5.28. The molecule has 0 amide bonds. The van der Waals surface area contributed by atoms with Crippen molar-refractivity contribution in [2.75, 3.05) is 0 Å². The highest BCUT2D eigenvalue weighted by Gasteiger charge is 2.01. The molecule has 1 rings (SSSR count). The highest BCUT2D eigenvalue weighted by Crippen LogP contribution is 2.08. The minimum Gasteiger partial charge on any atom is -0.205 e. The van der Waals surface area contributed by atoms with Crippen LogP contribution in [0.25, 0.3) is 0 Å². The van der Waals surface area contributed by atoms with Gasteiger partial charge in [-0.1, -0.05) is 52.4 Å². The Bertz CT molecular complexity index is 306. The van der Waals surface area contributed by atoms with Crippen LogP contribution in [-0.4, -0.2) is 0 Å². The van der Waals surface area contributed by atoms with Crippen molar-refractivity contribution in [3.8, 4) is 0 Å². The van der Waals surface area contributed by atoms with Gasteiger partial charge >= 0.3 is 0 Å². The summed E-state index contributed by atoms with van der Waals surface area (Å²) in [6, 6.07) is 4.38. The Hall–Kier alpha value is -0.850. The first-order valence-electron chi connectivity index (χ1n) is 7.84. The molecule has 0 aromatic carbocycles. The molecule has 0 bridgehead atoms. The molecule has 0 spiro atoms. The fourth-order valence-electron chi connectivity index (χ4n) is 2.35. The molecule has 0 aliphatic rings. The van der Waals surface area contributed by atoms with Crippen LogP contribution in [0.2, 0.25) is 0 Å². The summed E-state index contributed by atoms with van der Waals surface area (Å²) in [5.41, 5.74) is 1.44. The molecular weight excluding hydrogens is 218 g/mol. The highest BCUT2D eigenvalue weighted by molar-refractivity contribution is 5.04. The molecular formula is C17H30N+. The minimum atomic E-state index is 1.14. The zero-order chi connectivity index (χ0) is 13.1. The third kappa shape index (κ3) is 6.78. The normalized spacial score (nSPS) is 10.8. The van der Waals surface area contributed by atoms with Gasteiger partial charge in [0, 0.05) is 18.1 Å². The highest BCUT2D eigenvalue weighted by atomic mass is 14.9. The summed E-state index contributed by atoms with van der Waals surface area (Å²) < 4.78 is 2.34. The summed E-state index contributed by atoms with van der Waals surface area (Å²) in [6.07, 6.45) is 16.8. The summed E-state index contributed by atoms with van der Waals surface area (Å²) in [4.78, 5) is 0. The fourth-order valence-corrected chi connectivity index (χ4v) is 2.35. The fraction of sp³-hybridized carbons (Fsp3) is 0.706. The molecule has 1 aromatic heterocycles. The number of hydrogen-bond acceptors (Lipinski definition) is 0. The maximum absolute atomic E-state index is 2.34. The van der Waals surface area contributed by atoms with Crippen molar-refractivity contribution in [2.24, 2.45) is 0 Å². The van der Waals surface area contributed by atoms with Gasteiger partial charge < -0.3 is 0 Å². The van der Waals surface area contributed by atoms with Gasteiger partial charge in [-0.2, -0.15) is 0 Å². The zero-order valence-electron chi connectivity index (χ0n) is 12.3. The lowest BCUT2D eigenvalue weighted by Crippen LogP contribution is -2.33. The number of hydrogen-bond donors (Lipinski definition) is 0. The van der Waals surface area contributed by atoms with Crippen molar-refractivity contribution in [1.82, 2.24) is 0 Å². The van der Waals surface area contributed by atoms with E-state index in [-0.39, 0.29) is 0 Å². The maximum atomic E-state index is 2.34. The van der Waals surface area contributed by atoms with Crippen LogP contribution >= 0.6 is 0 Å². The van der Waals surface area contributed by atoms with E-state index >= 15 is 0 Å². The third-order valence-corrected chi connectivity index (χ3v) is 3.60. The van der Waals surface area contributed by atoms with Gasteiger partial charge in [0.05, 0.1) is 0 Å². The molecule has 1 nitrogen and oxygen atoms in total. The van der Waals surface area contributed by atoms with Crippen molar-refractivity contribution in [3.05, 3.63) is 30.1 Å². The smallest absolute Gasteiger partial charge is 0.171 e. The summed E-state index contributed by atoms with van der Waals surface area (Å²) in [5, 5.41) is 0. The van der Waals surface area contributed by atoms with Crippen LogP contribution < -0.4 is 4.57 Å². The quantitative estimate of drug-likeness (QED) is 0.418. The Balaban J connectivity index is 2.03. The summed E-state index contributed by atoms with van der Waals surface area (Å²) in [7, 11) is 0. The molecule has 0 saturated heterocycles. The molecule has 102 valence electrons. The number of pyridine rings is 1. The lowest BCUT2D eigenvalue weighted by Gasteiger charge is -2.01. The standard InChI is InChI=1S/C17H30N/c1-3-5-6-7-8-9-10-11-14-18-15-12-13-17(4-2)16-18/h12-13,15-16H,3-11,14H2,1-2H3/q+1. The Labute approximate surface area is 113 Å². The summed E-state index contributed by atoms with van der Waals surface area (Å²) in [6.45, 7) is 5.68. The molecule has 0 aliphatic heterocycles. The van der Waals surface area contributed by atoms with Crippen molar-refractivity contribution >= 4 is 0 Å². The molecule has 1 aromatic rings. The number of unbranched alkanes of at least 4 members (excludes halogenated alkanes) is 7. The lowest BCUT2D eigenvalue weighted by atomic mass is 10.1. The molecule has 0 N–H and O–H groups in total. The van der Waals surface area contributed by atoms with Crippen LogP contribution in [0.4, 0.5) is 0 Å². The molecule has 0 atom stereocenters. The van der Waals surface area contributed by atoms with E-state index in [4.69, 9.17) is 0 Å². The number of aryl methyl sites for hydroxylation is 2. The van der Waals surface area contributed by atoms with E-state index in [1.165, 1.54) is 63.5 Å². The largest absolute Gasteiger partial charge is 0.205 e.